The van der Waals surface area contributed by atoms with E-state index in [2.05, 4.69) is 16.7 Å². The van der Waals surface area contributed by atoms with Crippen LogP contribution in [0.1, 0.15) is 43.2 Å². The van der Waals surface area contributed by atoms with E-state index in [9.17, 15) is 13.2 Å². The second kappa shape index (κ2) is 5.13. The minimum absolute atomic E-state index is 0.0627. The standard InChI is InChI=1S/C18H22F3NO/c1-22-9-8-17-7-3-2-4-14(17)16(22)10-12-5-6-13(11-15(12)17)23-18(19,20)21/h5-6,11,14,16H,2-4,7-10H2,1H3/t14?,16-,17-/m1/s1. The van der Waals surface area contributed by atoms with Crippen molar-refractivity contribution in [3.63, 3.8) is 0 Å². The van der Waals surface area contributed by atoms with Crippen molar-refractivity contribution in [1.29, 1.82) is 0 Å². The Morgan fingerprint density at radius 1 is 1.22 bits per heavy atom. The van der Waals surface area contributed by atoms with Crippen molar-refractivity contribution in [2.24, 2.45) is 5.92 Å². The van der Waals surface area contributed by atoms with Crippen molar-refractivity contribution in [3.8, 4) is 5.75 Å². The number of hydrogen-bond acceptors (Lipinski definition) is 2. The first-order valence-electron chi connectivity index (χ1n) is 8.48. The SMILES string of the molecule is CN1CC[C@]23CCCCC2[C@H]1Cc1ccc(OC(F)(F)F)cc13. The van der Waals surface area contributed by atoms with Gasteiger partial charge in [0.05, 0.1) is 0 Å². The lowest BCUT2D eigenvalue weighted by atomic mass is 9.52. The molecule has 0 radical (unpaired) electrons. The number of nitrogens with zero attached hydrogens (tertiary/aromatic N) is 1. The Morgan fingerprint density at radius 3 is 2.83 bits per heavy atom. The molecule has 1 heterocycles. The van der Waals surface area contributed by atoms with Crippen molar-refractivity contribution in [2.45, 2.75) is 56.3 Å². The molecule has 1 aromatic carbocycles. The van der Waals surface area contributed by atoms with E-state index in [1.807, 2.05) is 6.07 Å². The summed E-state index contributed by atoms with van der Waals surface area (Å²) in [5.74, 6) is 0.510. The third-order valence-corrected chi connectivity index (χ3v) is 6.32. The Balaban J connectivity index is 1.79. The summed E-state index contributed by atoms with van der Waals surface area (Å²) < 4.78 is 41.9. The summed E-state index contributed by atoms with van der Waals surface area (Å²) in [4.78, 5) is 2.46. The van der Waals surface area contributed by atoms with Crippen molar-refractivity contribution >= 4 is 0 Å². The van der Waals surface area contributed by atoms with Crippen LogP contribution in [0.4, 0.5) is 13.2 Å². The minimum atomic E-state index is -4.62. The summed E-state index contributed by atoms with van der Waals surface area (Å²) >= 11 is 0. The molecule has 1 aromatic rings. The van der Waals surface area contributed by atoms with E-state index in [-0.39, 0.29) is 11.2 Å². The van der Waals surface area contributed by atoms with Crippen LogP contribution < -0.4 is 4.74 Å². The van der Waals surface area contributed by atoms with Crippen LogP contribution in [0, 0.1) is 5.92 Å². The Labute approximate surface area is 134 Å². The Kier molecular flexibility index (Phi) is 3.42. The molecule has 126 valence electrons. The second-order valence-electron chi connectivity index (χ2n) is 7.38. The van der Waals surface area contributed by atoms with Gasteiger partial charge in [0.1, 0.15) is 5.75 Å². The lowest BCUT2D eigenvalue weighted by Crippen LogP contribution is -2.59. The van der Waals surface area contributed by atoms with Gasteiger partial charge in [0.15, 0.2) is 0 Å². The molecule has 2 fully saturated rings. The Hall–Kier alpha value is -1.23. The van der Waals surface area contributed by atoms with Crippen LogP contribution in [-0.2, 0) is 11.8 Å². The lowest BCUT2D eigenvalue weighted by molar-refractivity contribution is -0.274. The lowest BCUT2D eigenvalue weighted by Gasteiger charge is -2.58. The molecule has 1 saturated heterocycles. The molecule has 3 atom stereocenters. The number of piperidine rings is 1. The maximum atomic E-state index is 12.6. The number of halogens is 3. The number of rotatable bonds is 1. The maximum absolute atomic E-state index is 12.6. The number of likely N-dealkylation sites (N-methyl/N-ethyl adjacent to an activating group) is 1. The smallest absolute Gasteiger partial charge is 0.406 e. The van der Waals surface area contributed by atoms with E-state index >= 15 is 0 Å². The molecular formula is C18H22F3NO. The van der Waals surface area contributed by atoms with Gasteiger partial charge in [0, 0.05) is 11.5 Å². The van der Waals surface area contributed by atoms with Crippen molar-refractivity contribution in [1.82, 2.24) is 4.90 Å². The number of likely N-dealkylation sites (tertiary alicyclic amines) is 1. The highest BCUT2D eigenvalue weighted by Crippen LogP contribution is 2.56. The summed E-state index contributed by atoms with van der Waals surface area (Å²) in [7, 11) is 2.19. The van der Waals surface area contributed by atoms with Gasteiger partial charge in [-0.15, -0.1) is 13.2 Å². The molecule has 3 aliphatic rings. The van der Waals surface area contributed by atoms with Crippen molar-refractivity contribution < 1.29 is 17.9 Å². The second-order valence-corrected chi connectivity index (χ2v) is 7.38. The van der Waals surface area contributed by atoms with Crippen LogP contribution in [0.2, 0.25) is 0 Å². The highest BCUT2D eigenvalue weighted by Gasteiger charge is 2.53. The van der Waals surface area contributed by atoms with Crippen molar-refractivity contribution in [3.05, 3.63) is 29.3 Å². The van der Waals surface area contributed by atoms with Gasteiger partial charge < -0.3 is 9.64 Å². The fourth-order valence-corrected chi connectivity index (χ4v) is 5.37. The number of alkyl halides is 3. The van der Waals surface area contributed by atoms with E-state index in [1.165, 1.54) is 30.9 Å². The largest absolute Gasteiger partial charge is 0.573 e. The zero-order valence-electron chi connectivity index (χ0n) is 13.3. The van der Waals surface area contributed by atoms with Crippen LogP contribution in [0.25, 0.3) is 0 Å². The molecule has 5 heteroatoms. The number of benzene rings is 1. The first-order valence-corrected chi connectivity index (χ1v) is 8.48. The molecule has 1 unspecified atom stereocenters. The predicted molar refractivity (Wildman–Crippen MR) is 81.5 cm³/mol. The Bertz CT molecular complexity index is 615. The first-order chi connectivity index (χ1) is 10.9. The number of fused-ring (bicyclic) bond motifs is 1. The van der Waals surface area contributed by atoms with E-state index in [4.69, 9.17) is 0 Å². The molecule has 0 N–H and O–H groups in total. The molecule has 4 rings (SSSR count). The zero-order chi connectivity index (χ0) is 16.2. The van der Waals surface area contributed by atoms with Gasteiger partial charge in [-0.3, -0.25) is 0 Å². The summed E-state index contributed by atoms with van der Waals surface area (Å²) in [5.41, 5.74) is 2.41. The molecule has 23 heavy (non-hydrogen) atoms. The summed E-state index contributed by atoms with van der Waals surface area (Å²) in [6.45, 7) is 1.03. The fourth-order valence-electron chi connectivity index (χ4n) is 5.37. The van der Waals surface area contributed by atoms with Crippen LogP contribution in [0.15, 0.2) is 18.2 Å². The van der Waals surface area contributed by atoms with Gasteiger partial charge in [-0.2, -0.15) is 0 Å². The molecule has 1 aliphatic heterocycles. The van der Waals surface area contributed by atoms with Gasteiger partial charge >= 0.3 is 6.36 Å². The van der Waals surface area contributed by atoms with Crippen LogP contribution in [0.3, 0.4) is 0 Å². The molecule has 0 aromatic heterocycles. The third-order valence-electron chi connectivity index (χ3n) is 6.32. The molecular weight excluding hydrogens is 303 g/mol. The third kappa shape index (κ3) is 2.44. The summed E-state index contributed by atoms with van der Waals surface area (Å²) in [5, 5.41) is 0. The van der Waals surface area contributed by atoms with E-state index in [0.717, 1.165) is 31.4 Å². The number of hydrogen-bond donors (Lipinski definition) is 0. The first kappa shape index (κ1) is 15.3. The molecule has 2 nitrogen and oxygen atoms in total. The average molecular weight is 325 g/mol. The van der Waals surface area contributed by atoms with Gasteiger partial charge in [0.25, 0.3) is 0 Å². The zero-order valence-corrected chi connectivity index (χ0v) is 13.3. The number of ether oxygens (including phenoxy) is 1. The quantitative estimate of drug-likeness (QED) is 0.764. The normalized spacial score (nSPS) is 33.7. The molecule has 2 bridgehead atoms. The molecule has 2 aliphatic carbocycles. The molecule has 0 spiro atoms. The molecule has 1 saturated carbocycles. The van der Waals surface area contributed by atoms with E-state index in [0.29, 0.717) is 12.0 Å². The van der Waals surface area contributed by atoms with E-state index in [1.54, 1.807) is 6.07 Å². The Morgan fingerprint density at radius 2 is 2.04 bits per heavy atom. The van der Waals surface area contributed by atoms with Crippen LogP contribution >= 0.6 is 0 Å². The average Bonchev–Trinajstić information content (AvgIpc) is 2.50. The predicted octanol–water partition coefficient (Wildman–Crippen LogP) is 4.27. The maximum Gasteiger partial charge on any atom is 0.573 e. The fraction of sp³-hybridized carbons (Fsp3) is 0.667. The van der Waals surface area contributed by atoms with Gasteiger partial charge in [-0.1, -0.05) is 18.9 Å². The van der Waals surface area contributed by atoms with Crippen LogP contribution in [0.5, 0.6) is 5.75 Å². The minimum Gasteiger partial charge on any atom is -0.406 e. The van der Waals surface area contributed by atoms with Gasteiger partial charge in [-0.25, -0.2) is 0 Å². The van der Waals surface area contributed by atoms with Crippen molar-refractivity contribution in [2.75, 3.05) is 13.6 Å². The van der Waals surface area contributed by atoms with Gasteiger partial charge in [-0.05, 0) is 68.5 Å². The van der Waals surface area contributed by atoms with Gasteiger partial charge in [0.2, 0.25) is 0 Å². The highest BCUT2D eigenvalue weighted by atomic mass is 19.4. The monoisotopic (exact) mass is 325 g/mol. The summed E-state index contributed by atoms with van der Waals surface area (Å²) in [6, 6.07) is 5.55. The topological polar surface area (TPSA) is 12.5 Å². The van der Waals surface area contributed by atoms with E-state index < -0.39 is 6.36 Å². The highest BCUT2D eigenvalue weighted by molar-refractivity contribution is 5.45. The van der Waals surface area contributed by atoms with Crippen LogP contribution in [-0.4, -0.2) is 30.9 Å². The summed E-state index contributed by atoms with van der Waals surface area (Å²) in [6.07, 6.45) is 2.09. The molecule has 0 amide bonds.